The van der Waals surface area contributed by atoms with E-state index in [1.807, 2.05) is 0 Å². The molecule has 0 spiro atoms. The number of para-hydroxylation sites is 1. The molecular weight excluding hydrogens is 184 g/mol. The van der Waals surface area contributed by atoms with Crippen LogP contribution in [0.1, 0.15) is 25.3 Å². The topological polar surface area (TPSA) is 30.9 Å². The molecule has 0 unspecified atom stereocenters. The van der Waals surface area contributed by atoms with E-state index in [4.69, 9.17) is 5.73 Å². The van der Waals surface area contributed by atoms with E-state index in [1.54, 1.807) is 0 Å². The minimum Gasteiger partial charge on any atom is -0.347 e. The van der Waals surface area contributed by atoms with Gasteiger partial charge in [-0.2, -0.15) is 0 Å². The quantitative estimate of drug-likeness (QED) is 0.812. The Labute approximate surface area is 90.7 Å². The van der Waals surface area contributed by atoms with Gasteiger partial charge in [-0.15, -0.1) is 0 Å². The predicted octanol–water partition coefficient (Wildman–Crippen LogP) is 2.90. The number of aromatic nitrogens is 1. The number of fused-ring (bicyclic) bond motifs is 1. The highest BCUT2D eigenvalue weighted by atomic mass is 15.0. The molecular formula is C13H18N2. The van der Waals surface area contributed by atoms with Crippen LogP contribution in [0.5, 0.6) is 0 Å². The van der Waals surface area contributed by atoms with Crippen LogP contribution in [0.3, 0.4) is 0 Å². The average molecular weight is 202 g/mol. The van der Waals surface area contributed by atoms with E-state index < -0.39 is 0 Å². The van der Waals surface area contributed by atoms with E-state index in [9.17, 15) is 0 Å². The van der Waals surface area contributed by atoms with Crippen molar-refractivity contribution in [1.29, 1.82) is 0 Å². The Kier molecular flexibility index (Phi) is 3.07. The molecule has 2 N–H and O–H groups in total. The highest BCUT2D eigenvalue weighted by Crippen LogP contribution is 2.21. The molecule has 0 amide bonds. The van der Waals surface area contributed by atoms with Crippen LogP contribution in [-0.2, 0) is 13.1 Å². The second-order valence-corrected chi connectivity index (χ2v) is 3.92. The van der Waals surface area contributed by atoms with Gasteiger partial charge in [0.15, 0.2) is 0 Å². The molecule has 0 saturated carbocycles. The predicted molar refractivity (Wildman–Crippen MR) is 64.7 cm³/mol. The van der Waals surface area contributed by atoms with Gasteiger partial charge in [-0.1, -0.05) is 31.5 Å². The molecule has 2 rings (SSSR count). The fourth-order valence-electron chi connectivity index (χ4n) is 2.00. The summed E-state index contributed by atoms with van der Waals surface area (Å²) in [7, 11) is 0. The Morgan fingerprint density at radius 1 is 1.27 bits per heavy atom. The molecule has 0 atom stereocenters. The van der Waals surface area contributed by atoms with Gasteiger partial charge in [0.05, 0.1) is 0 Å². The molecule has 2 nitrogen and oxygen atoms in total. The second kappa shape index (κ2) is 4.49. The number of nitrogens with zero attached hydrogens (tertiary/aromatic N) is 1. The number of unbranched alkanes of at least 4 members (excludes halogenated alkanes) is 1. The van der Waals surface area contributed by atoms with Gasteiger partial charge in [-0.05, 0) is 18.1 Å². The van der Waals surface area contributed by atoms with E-state index in [2.05, 4.69) is 42.0 Å². The lowest BCUT2D eigenvalue weighted by atomic mass is 10.2. The van der Waals surface area contributed by atoms with Crippen molar-refractivity contribution in [3.05, 3.63) is 36.0 Å². The van der Waals surface area contributed by atoms with E-state index in [0.29, 0.717) is 6.54 Å². The normalized spacial score (nSPS) is 11.1. The lowest BCUT2D eigenvalue weighted by Crippen LogP contribution is -1.96. The van der Waals surface area contributed by atoms with Crippen LogP contribution in [-0.4, -0.2) is 4.57 Å². The zero-order valence-electron chi connectivity index (χ0n) is 9.24. The Hall–Kier alpha value is -1.28. The molecule has 0 saturated heterocycles. The first-order valence-electron chi connectivity index (χ1n) is 5.63. The zero-order valence-corrected chi connectivity index (χ0v) is 9.24. The molecule has 0 aliphatic carbocycles. The zero-order chi connectivity index (χ0) is 10.7. The Balaban J connectivity index is 2.45. The van der Waals surface area contributed by atoms with Gasteiger partial charge in [0.25, 0.3) is 0 Å². The highest BCUT2D eigenvalue weighted by Gasteiger charge is 2.05. The van der Waals surface area contributed by atoms with E-state index in [0.717, 1.165) is 6.54 Å². The molecule has 1 aromatic heterocycles. The summed E-state index contributed by atoms with van der Waals surface area (Å²) in [4.78, 5) is 0. The largest absolute Gasteiger partial charge is 0.347 e. The van der Waals surface area contributed by atoms with Crippen molar-refractivity contribution in [3.8, 4) is 0 Å². The first-order chi connectivity index (χ1) is 7.36. The van der Waals surface area contributed by atoms with Crippen LogP contribution < -0.4 is 5.73 Å². The minimum atomic E-state index is 0.625. The number of aryl methyl sites for hydroxylation is 1. The minimum absolute atomic E-state index is 0.625. The monoisotopic (exact) mass is 202 g/mol. The molecule has 0 aliphatic heterocycles. The summed E-state index contributed by atoms with van der Waals surface area (Å²) >= 11 is 0. The summed E-state index contributed by atoms with van der Waals surface area (Å²) in [6.45, 7) is 3.94. The van der Waals surface area contributed by atoms with Crippen molar-refractivity contribution in [2.45, 2.75) is 32.9 Å². The van der Waals surface area contributed by atoms with Gasteiger partial charge in [0, 0.05) is 30.2 Å². The van der Waals surface area contributed by atoms with Gasteiger partial charge in [-0.3, -0.25) is 0 Å². The van der Waals surface area contributed by atoms with Crippen molar-refractivity contribution in [2.24, 2.45) is 5.73 Å². The number of nitrogens with two attached hydrogens (primary N) is 1. The molecule has 0 aliphatic rings. The van der Waals surface area contributed by atoms with Gasteiger partial charge in [0.2, 0.25) is 0 Å². The number of rotatable bonds is 4. The SMILES string of the molecule is CCCCn1cc(CN)c2ccccc21. The van der Waals surface area contributed by atoms with Crippen LogP contribution in [0.4, 0.5) is 0 Å². The summed E-state index contributed by atoms with van der Waals surface area (Å²) in [5.74, 6) is 0. The Bertz CT molecular complexity index is 443. The summed E-state index contributed by atoms with van der Waals surface area (Å²) < 4.78 is 2.32. The van der Waals surface area contributed by atoms with Crippen molar-refractivity contribution in [1.82, 2.24) is 4.57 Å². The smallest absolute Gasteiger partial charge is 0.0483 e. The maximum atomic E-state index is 5.74. The molecule has 0 fully saturated rings. The fraction of sp³-hybridized carbons (Fsp3) is 0.385. The first kappa shape index (κ1) is 10.2. The van der Waals surface area contributed by atoms with E-state index in [-0.39, 0.29) is 0 Å². The van der Waals surface area contributed by atoms with Gasteiger partial charge < -0.3 is 10.3 Å². The molecule has 2 aromatic rings. The molecule has 15 heavy (non-hydrogen) atoms. The molecule has 0 bridgehead atoms. The summed E-state index contributed by atoms with van der Waals surface area (Å²) in [6, 6.07) is 8.49. The number of hydrogen-bond donors (Lipinski definition) is 1. The first-order valence-corrected chi connectivity index (χ1v) is 5.63. The molecule has 0 radical (unpaired) electrons. The van der Waals surface area contributed by atoms with Crippen LogP contribution in [0, 0.1) is 0 Å². The Morgan fingerprint density at radius 2 is 2.07 bits per heavy atom. The average Bonchev–Trinajstić information content (AvgIpc) is 2.65. The fourth-order valence-corrected chi connectivity index (χ4v) is 2.00. The third kappa shape index (κ3) is 1.90. The van der Waals surface area contributed by atoms with Crippen molar-refractivity contribution < 1.29 is 0 Å². The summed E-state index contributed by atoms with van der Waals surface area (Å²) in [6.07, 6.45) is 4.65. The third-order valence-electron chi connectivity index (χ3n) is 2.84. The third-order valence-corrected chi connectivity index (χ3v) is 2.84. The van der Waals surface area contributed by atoms with Crippen LogP contribution in [0.2, 0.25) is 0 Å². The molecule has 1 aromatic carbocycles. The van der Waals surface area contributed by atoms with Gasteiger partial charge in [0.1, 0.15) is 0 Å². The number of hydrogen-bond acceptors (Lipinski definition) is 1. The van der Waals surface area contributed by atoms with Crippen LogP contribution >= 0.6 is 0 Å². The maximum Gasteiger partial charge on any atom is 0.0483 e. The van der Waals surface area contributed by atoms with Gasteiger partial charge in [-0.25, -0.2) is 0 Å². The van der Waals surface area contributed by atoms with Crippen LogP contribution in [0.25, 0.3) is 10.9 Å². The molecule has 2 heteroatoms. The van der Waals surface area contributed by atoms with E-state index >= 15 is 0 Å². The lowest BCUT2D eigenvalue weighted by Gasteiger charge is -2.02. The van der Waals surface area contributed by atoms with Crippen LogP contribution in [0.15, 0.2) is 30.5 Å². The van der Waals surface area contributed by atoms with Crippen molar-refractivity contribution in [3.63, 3.8) is 0 Å². The molecule has 80 valence electrons. The standard InChI is InChI=1S/C13H18N2/c1-2-3-8-15-10-11(9-14)12-6-4-5-7-13(12)15/h4-7,10H,2-3,8-9,14H2,1H3. The molecule has 1 heterocycles. The van der Waals surface area contributed by atoms with Gasteiger partial charge >= 0.3 is 0 Å². The second-order valence-electron chi connectivity index (χ2n) is 3.92. The lowest BCUT2D eigenvalue weighted by molar-refractivity contribution is 0.648. The highest BCUT2D eigenvalue weighted by molar-refractivity contribution is 5.83. The summed E-state index contributed by atoms with van der Waals surface area (Å²) in [5.41, 5.74) is 8.31. The van der Waals surface area contributed by atoms with Crippen molar-refractivity contribution >= 4 is 10.9 Å². The maximum absolute atomic E-state index is 5.74. The summed E-state index contributed by atoms with van der Waals surface area (Å²) in [5, 5.41) is 1.30. The van der Waals surface area contributed by atoms with E-state index in [1.165, 1.54) is 29.3 Å². The van der Waals surface area contributed by atoms with Crippen molar-refractivity contribution in [2.75, 3.05) is 0 Å². The number of benzene rings is 1. The Morgan fingerprint density at radius 3 is 2.80 bits per heavy atom.